The molecule has 0 N–H and O–H groups in total. The Morgan fingerprint density at radius 2 is 1.58 bits per heavy atom. The van der Waals surface area contributed by atoms with Crippen LogP contribution in [0.1, 0.15) is 30.5 Å². The molecule has 2 aromatic carbocycles. The number of aromatic nitrogens is 1. The first-order chi connectivity index (χ1) is 11.4. The van der Waals surface area contributed by atoms with Crippen LogP contribution in [0, 0.1) is 0 Å². The summed E-state index contributed by atoms with van der Waals surface area (Å²) in [6, 6.07) is 14.4. The van der Waals surface area contributed by atoms with Crippen LogP contribution in [0.3, 0.4) is 0 Å². The molecule has 0 aliphatic rings. The third kappa shape index (κ3) is 4.02. The fourth-order valence-electron chi connectivity index (χ4n) is 2.55. The summed E-state index contributed by atoms with van der Waals surface area (Å²) in [5.41, 5.74) is 6.29. The van der Waals surface area contributed by atoms with Crippen LogP contribution in [0.2, 0.25) is 0 Å². The van der Waals surface area contributed by atoms with Gasteiger partial charge in [0.2, 0.25) is 0 Å². The molecule has 0 saturated heterocycles. The van der Waals surface area contributed by atoms with Crippen LogP contribution < -0.4 is 0 Å². The molecule has 0 radical (unpaired) electrons. The number of rotatable bonds is 6. The van der Waals surface area contributed by atoms with E-state index in [9.17, 15) is 8.42 Å². The Labute approximate surface area is 147 Å². The summed E-state index contributed by atoms with van der Waals surface area (Å²) < 4.78 is 25.2. The smallest absolute Gasteiger partial charge is 0.156 e. The summed E-state index contributed by atoms with van der Waals surface area (Å²) in [5, 5.41) is -0.335. The lowest BCUT2D eigenvalue weighted by molar-refractivity contribution is 0.586. The Bertz CT molecular complexity index is 925. The number of thiazole rings is 1. The summed E-state index contributed by atoms with van der Waals surface area (Å²) in [5.74, 6) is 0.117. The Morgan fingerprint density at radius 3 is 2.29 bits per heavy atom. The standard InChI is InChI=1S/C19H21NO2S2/c1-14(2)24(21,22)12-17-7-4-15(5-8-17)3-6-16-9-10-19-18(11-16)20-13-23-19/h4-5,7-11,13-14H,3,6,12H2,1-2H3. The van der Waals surface area contributed by atoms with Crippen LogP contribution in [-0.2, 0) is 28.4 Å². The van der Waals surface area contributed by atoms with Gasteiger partial charge in [0.1, 0.15) is 0 Å². The fourth-order valence-corrected chi connectivity index (χ4v) is 4.20. The molecule has 0 aliphatic carbocycles. The van der Waals surface area contributed by atoms with Gasteiger partial charge in [-0.25, -0.2) is 13.4 Å². The molecule has 24 heavy (non-hydrogen) atoms. The van der Waals surface area contributed by atoms with Crippen LogP contribution in [-0.4, -0.2) is 18.7 Å². The molecule has 1 aromatic heterocycles. The van der Waals surface area contributed by atoms with E-state index in [2.05, 4.69) is 23.2 Å². The summed E-state index contributed by atoms with van der Waals surface area (Å²) >= 11 is 1.66. The number of aryl methyl sites for hydroxylation is 2. The van der Waals surface area contributed by atoms with Crippen molar-refractivity contribution < 1.29 is 8.42 Å². The first-order valence-corrected chi connectivity index (χ1v) is 10.6. The van der Waals surface area contributed by atoms with Gasteiger partial charge in [-0.15, -0.1) is 11.3 Å². The molecule has 0 fully saturated rings. The Balaban J connectivity index is 1.63. The SMILES string of the molecule is CC(C)S(=O)(=O)Cc1ccc(CCc2ccc3scnc3c2)cc1. The van der Waals surface area contributed by atoms with Crippen molar-refractivity contribution in [3.05, 3.63) is 64.7 Å². The van der Waals surface area contributed by atoms with Crippen LogP contribution in [0.25, 0.3) is 10.2 Å². The van der Waals surface area contributed by atoms with Crippen molar-refractivity contribution in [3.63, 3.8) is 0 Å². The van der Waals surface area contributed by atoms with Gasteiger partial charge in [-0.3, -0.25) is 0 Å². The normalized spacial score (nSPS) is 12.1. The van der Waals surface area contributed by atoms with Gasteiger partial charge in [0.15, 0.2) is 9.84 Å². The van der Waals surface area contributed by atoms with E-state index in [1.54, 1.807) is 25.2 Å². The molecule has 1 heterocycles. The Hall–Kier alpha value is -1.72. The van der Waals surface area contributed by atoms with Crippen molar-refractivity contribution in [2.75, 3.05) is 0 Å². The number of hydrogen-bond donors (Lipinski definition) is 0. The van der Waals surface area contributed by atoms with E-state index in [0.29, 0.717) is 0 Å². The highest BCUT2D eigenvalue weighted by atomic mass is 32.2. The lowest BCUT2D eigenvalue weighted by Gasteiger charge is -2.08. The average molecular weight is 360 g/mol. The van der Waals surface area contributed by atoms with Crippen LogP contribution in [0.4, 0.5) is 0 Å². The van der Waals surface area contributed by atoms with Gasteiger partial charge in [0.05, 0.1) is 26.7 Å². The average Bonchev–Trinajstić information content (AvgIpc) is 3.01. The monoisotopic (exact) mass is 359 g/mol. The fraction of sp³-hybridized carbons (Fsp3) is 0.316. The van der Waals surface area contributed by atoms with Gasteiger partial charge in [0, 0.05) is 0 Å². The van der Waals surface area contributed by atoms with Gasteiger partial charge in [-0.1, -0.05) is 30.3 Å². The maximum Gasteiger partial charge on any atom is 0.156 e. The highest BCUT2D eigenvalue weighted by Crippen LogP contribution is 2.20. The zero-order valence-corrected chi connectivity index (χ0v) is 15.5. The van der Waals surface area contributed by atoms with E-state index in [1.165, 1.54) is 15.8 Å². The van der Waals surface area contributed by atoms with Crippen molar-refractivity contribution in [2.24, 2.45) is 0 Å². The van der Waals surface area contributed by atoms with Crippen molar-refractivity contribution in [2.45, 2.75) is 37.7 Å². The molecule has 0 aliphatic heterocycles. The van der Waals surface area contributed by atoms with Crippen molar-refractivity contribution in [1.82, 2.24) is 4.98 Å². The molecule has 3 rings (SSSR count). The van der Waals surface area contributed by atoms with Crippen LogP contribution in [0.15, 0.2) is 48.0 Å². The highest BCUT2D eigenvalue weighted by Gasteiger charge is 2.16. The zero-order chi connectivity index (χ0) is 17.2. The number of nitrogens with zero attached hydrogens (tertiary/aromatic N) is 1. The summed E-state index contributed by atoms with van der Waals surface area (Å²) in [6.07, 6.45) is 1.89. The molecule has 3 aromatic rings. The first kappa shape index (κ1) is 17.1. The van der Waals surface area contributed by atoms with Crippen LogP contribution >= 0.6 is 11.3 Å². The van der Waals surface area contributed by atoms with E-state index < -0.39 is 9.84 Å². The predicted molar refractivity (Wildman–Crippen MR) is 101 cm³/mol. The number of benzene rings is 2. The Kier molecular flexibility index (Phi) is 5.01. The van der Waals surface area contributed by atoms with E-state index in [0.717, 1.165) is 23.9 Å². The molecule has 0 amide bonds. The lowest BCUT2D eigenvalue weighted by Crippen LogP contribution is -2.15. The number of hydrogen-bond acceptors (Lipinski definition) is 4. The maximum absolute atomic E-state index is 12.0. The molecular formula is C19H21NO2S2. The maximum atomic E-state index is 12.0. The summed E-state index contributed by atoms with van der Waals surface area (Å²) in [4.78, 5) is 4.36. The minimum Gasteiger partial charge on any atom is -0.245 e. The molecular weight excluding hydrogens is 338 g/mol. The van der Waals surface area contributed by atoms with E-state index in [4.69, 9.17) is 0 Å². The number of fused-ring (bicyclic) bond motifs is 1. The highest BCUT2D eigenvalue weighted by molar-refractivity contribution is 7.91. The second-order valence-corrected chi connectivity index (χ2v) is 9.77. The molecule has 0 atom stereocenters. The van der Waals surface area contributed by atoms with Crippen LogP contribution in [0.5, 0.6) is 0 Å². The molecule has 0 spiro atoms. The quantitative estimate of drug-likeness (QED) is 0.655. The molecule has 0 unspecified atom stereocenters. The van der Waals surface area contributed by atoms with E-state index >= 15 is 0 Å². The van der Waals surface area contributed by atoms with Crippen molar-refractivity contribution >= 4 is 31.4 Å². The third-order valence-electron chi connectivity index (χ3n) is 4.21. The number of sulfone groups is 1. The second-order valence-electron chi connectivity index (χ2n) is 6.33. The van der Waals surface area contributed by atoms with Gasteiger partial charge in [-0.2, -0.15) is 0 Å². The van der Waals surface area contributed by atoms with Gasteiger partial charge in [0.25, 0.3) is 0 Å². The van der Waals surface area contributed by atoms with Gasteiger partial charge < -0.3 is 0 Å². The van der Waals surface area contributed by atoms with E-state index in [-0.39, 0.29) is 11.0 Å². The summed E-state index contributed by atoms with van der Waals surface area (Å²) in [6.45, 7) is 3.45. The minimum absolute atomic E-state index is 0.117. The molecule has 0 saturated carbocycles. The topological polar surface area (TPSA) is 47.0 Å². The molecule has 126 valence electrons. The molecule has 3 nitrogen and oxygen atoms in total. The van der Waals surface area contributed by atoms with E-state index in [1.807, 2.05) is 29.8 Å². The molecule has 5 heteroatoms. The minimum atomic E-state index is -3.04. The predicted octanol–water partition coefficient (Wildman–Crippen LogP) is 4.40. The van der Waals surface area contributed by atoms with Crippen molar-refractivity contribution in [3.8, 4) is 0 Å². The Morgan fingerprint density at radius 1 is 0.958 bits per heavy atom. The lowest BCUT2D eigenvalue weighted by atomic mass is 10.0. The molecule has 0 bridgehead atoms. The third-order valence-corrected chi connectivity index (χ3v) is 7.19. The van der Waals surface area contributed by atoms with Gasteiger partial charge >= 0.3 is 0 Å². The van der Waals surface area contributed by atoms with Crippen molar-refractivity contribution in [1.29, 1.82) is 0 Å². The van der Waals surface area contributed by atoms with Gasteiger partial charge in [-0.05, 0) is 55.5 Å². The largest absolute Gasteiger partial charge is 0.245 e. The second kappa shape index (κ2) is 7.03. The summed E-state index contributed by atoms with van der Waals surface area (Å²) in [7, 11) is -3.04. The zero-order valence-electron chi connectivity index (χ0n) is 13.9. The first-order valence-electron chi connectivity index (χ1n) is 8.05.